The van der Waals surface area contributed by atoms with Crippen LogP contribution in [0.5, 0.6) is 5.75 Å². The smallest absolute Gasteiger partial charge is 0.260 e. The van der Waals surface area contributed by atoms with Crippen LogP contribution in [0.2, 0.25) is 0 Å². The lowest BCUT2D eigenvalue weighted by molar-refractivity contribution is -0.135. The summed E-state index contributed by atoms with van der Waals surface area (Å²) in [6.07, 6.45) is 0. The fourth-order valence-electron chi connectivity index (χ4n) is 2.17. The highest BCUT2D eigenvalue weighted by Gasteiger charge is 2.20. The van der Waals surface area contributed by atoms with E-state index in [0.717, 1.165) is 19.6 Å². The van der Waals surface area contributed by atoms with Gasteiger partial charge in [-0.1, -0.05) is 0 Å². The van der Waals surface area contributed by atoms with Crippen molar-refractivity contribution in [1.82, 2.24) is 9.80 Å². The van der Waals surface area contributed by atoms with E-state index in [1.165, 1.54) is 24.3 Å². The zero-order valence-electron chi connectivity index (χ0n) is 11.4. The molecule has 0 radical (unpaired) electrons. The van der Waals surface area contributed by atoms with E-state index in [0.29, 0.717) is 25.4 Å². The Kier molecular flexibility index (Phi) is 5.31. The summed E-state index contributed by atoms with van der Waals surface area (Å²) in [5.74, 6) is 0.142. The predicted octanol–water partition coefficient (Wildman–Crippen LogP) is 0.307. The standard InChI is InChI=1S/C14H20FN3O2/c15-12-1-3-13(4-2-12)20-11-14(19)18-9-7-17(6-5-16)8-10-18/h1-4H,5-11,16H2. The van der Waals surface area contributed by atoms with Gasteiger partial charge in [0.1, 0.15) is 11.6 Å². The lowest BCUT2D eigenvalue weighted by Crippen LogP contribution is -2.50. The fraction of sp³-hybridized carbons (Fsp3) is 0.500. The molecule has 1 aromatic rings. The van der Waals surface area contributed by atoms with Crippen LogP contribution in [0.1, 0.15) is 0 Å². The van der Waals surface area contributed by atoms with Crippen LogP contribution in [-0.4, -0.2) is 61.6 Å². The van der Waals surface area contributed by atoms with E-state index in [-0.39, 0.29) is 18.3 Å². The van der Waals surface area contributed by atoms with Crippen LogP contribution in [0.4, 0.5) is 4.39 Å². The van der Waals surface area contributed by atoms with E-state index in [1.807, 2.05) is 0 Å². The molecule has 1 heterocycles. The summed E-state index contributed by atoms with van der Waals surface area (Å²) >= 11 is 0. The van der Waals surface area contributed by atoms with Gasteiger partial charge in [0.2, 0.25) is 0 Å². The maximum atomic E-state index is 12.7. The summed E-state index contributed by atoms with van der Waals surface area (Å²) in [6.45, 7) is 4.59. The highest BCUT2D eigenvalue weighted by atomic mass is 19.1. The first-order chi connectivity index (χ1) is 9.69. The maximum absolute atomic E-state index is 12.7. The van der Waals surface area contributed by atoms with Gasteiger partial charge in [0.25, 0.3) is 5.91 Å². The Balaban J connectivity index is 1.74. The van der Waals surface area contributed by atoms with Gasteiger partial charge in [-0.25, -0.2) is 4.39 Å². The second kappa shape index (κ2) is 7.21. The van der Waals surface area contributed by atoms with Crippen LogP contribution < -0.4 is 10.5 Å². The molecule has 0 aliphatic carbocycles. The number of carbonyl (C=O) groups is 1. The van der Waals surface area contributed by atoms with Crippen molar-refractivity contribution < 1.29 is 13.9 Å². The third kappa shape index (κ3) is 4.18. The Labute approximate surface area is 118 Å². The van der Waals surface area contributed by atoms with Crippen molar-refractivity contribution in [1.29, 1.82) is 0 Å². The van der Waals surface area contributed by atoms with Gasteiger partial charge in [-0.05, 0) is 24.3 Å². The second-order valence-electron chi connectivity index (χ2n) is 4.75. The van der Waals surface area contributed by atoms with Crippen molar-refractivity contribution >= 4 is 5.91 Å². The molecule has 5 nitrogen and oxygen atoms in total. The molecule has 0 unspecified atom stereocenters. The number of amides is 1. The van der Waals surface area contributed by atoms with Crippen molar-refractivity contribution in [2.24, 2.45) is 5.73 Å². The third-order valence-electron chi connectivity index (χ3n) is 3.35. The number of ether oxygens (including phenoxy) is 1. The first kappa shape index (κ1) is 14.7. The molecule has 0 aromatic heterocycles. The van der Waals surface area contributed by atoms with Crippen molar-refractivity contribution in [3.05, 3.63) is 30.1 Å². The molecule has 1 aliphatic rings. The first-order valence-corrected chi connectivity index (χ1v) is 6.77. The Morgan fingerprint density at radius 3 is 2.45 bits per heavy atom. The normalized spacial score (nSPS) is 16.2. The predicted molar refractivity (Wildman–Crippen MR) is 74.0 cm³/mol. The molecule has 0 saturated carbocycles. The van der Waals surface area contributed by atoms with E-state index in [1.54, 1.807) is 4.90 Å². The molecule has 0 atom stereocenters. The largest absolute Gasteiger partial charge is 0.484 e. The Bertz CT molecular complexity index is 431. The van der Waals surface area contributed by atoms with Crippen LogP contribution in [0.15, 0.2) is 24.3 Å². The summed E-state index contributed by atoms with van der Waals surface area (Å²) in [5, 5.41) is 0. The number of rotatable bonds is 5. The Morgan fingerprint density at radius 1 is 1.20 bits per heavy atom. The van der Waals surface area contributed by atoms with Gasteiger partial charge in [-0.3, -0.25) is 9.69 Å². The van der Waals surface area contributed by atoms with E-state index >= 15 is 0 Å². The lowest BCUT2D eigenvalue weighted by Gasteiger charge is -2.34. The van der Waals surface area contributed by atoms with Crippen molar-refractivity contribution in [2.45, 2.75) is 0 Å². The molecule has 1 aromatic carbocycles. The number of benzene rings is 1. The van der Waals surface area contributed by atoms with Crippen molar-refractivity contribution in [3.8, 4) is 5.75 Å². The van der Waals surface area contributed by atoms with Crippen LogP contribution in [0.3, 0.4) is 0 Å². The second-order valence-corrected chi connectivity index (χ2v) is 4.75. The van der Waals surface area contributed by atoms with Crippen LogP contribution in [0.25, 0.3) is 0 Å². The summed E-state index contributed by atoms with van der Waals surface area (Å²) < 4.78 is 18.1. The minimum absolute atomic E-state index is 0.0114. The molecule has 2 N–H and O–H groups in total. The number of halogens is 1. The van der Waals surface area contributed by atoms with Gasteiger partial charge in [0.05, 0.1) is 0 Å². The monoisotopic (exact) mass is 281 g/mol. The van der Waals surface area contributed by atoms with Crippen LogP contribution in [0, 0.1) is 5.82 Å². The Morgan fingerprint density at radius 2 is 1.85 bits per heavy atom. The summed E-state index contributed by atoms with van der Waals surface area (Å²) in [6, 6.07) is 5.65. The maximum Gasteiger partial charge on any atom is 0.260 e. The zero-order chi connectivity index (χ0) is 14.4. The number of carbonyl (C=O) groups excluding carboxylic acids is 1. The number of nitrogens with zero attached hydrogens (tertiary/aromatic N) is 2. The van der Waals surface area contributed by atoms with Crippen LogP contribution >= 0.6 is 0 Å². The van der Waals surface area contributed by atoms with Crippen LogP contribution in [-0.2, 0) is 4.79 Å². The number of piperazine rings is 1. The topological polar surface area (TPSA) is 58.8 Å². The van der Waals surface area contributed by atoms with Gasteiger partial charge in [0.15, 0.2) is 6.61 Å². The van der Waals surface area contributed by atoms with Gasteiger partial charge in [0, 0.05) is 39.3 Å². The summed E-state index contributed by atoms with van der Waals surface area (Å²) in [7, 11) is 0. The molecular formula is C14H20FN3O2. The Hall–Kier alpha value is -1.66. The number of hydrogen-bond donors (Lipinski definition) is 1. The van der Waals surface area contributed by atoms with Gasteiger partial charge >= 0.3 is 0 Å². The number of nitrogens with two attached hydrogens (primary N) is 1. The highest BCUT2D eigenvalue weighted by Crippen LogP contribution is 2.11. The molecule has 1 fully saturated rings. The minimum atomic E-state index is -0.320. The molecule has 6 heteroatoms. The molecule has 20 heavy (non-hydrogen) atoms. The van der Waals surface area contributed by atoms with E-state index in [9.17, 15) is 9.18 Å². The first-order valence-electron chi connectivity index (χ1n) is 6.77. The average Bonchev–Trinajstić information content (AvgIpc) is 2.47. The van der Waals surface area contributed by atoms with Gasteiger partial charge in [-0.15, -0.1) is 0 Å². The molecule has 0 spiro atoms. The molecule has 1 saturated heterocycles. The van der Waals surface area contributed by atoms with Crippen molar-refractivity contribution in [3.63, 3.8) is 0 Å². The highest BCUT2D eigenvalue weighted by molar-refractivity contribution is 5.77. The number of hydrogen-bond acceptors (Lipinski definition) is 4. The third-order valence-corrected chi connectivity index (χ3v) is 3.35. The summed E-state index contributed by atoms with van der Waals surface area (Å²) in [5.41, 5.74) is 5.51. The average molecular weight is 281 g/mol. The van der Waals surface area contributed by atoms with Gasteiger partial charge < -0.3 is 15.4 Å². The molecule has 0 bridgehead atoms. The van der Waals surface area contributed by atoms with Gasteiger partial charge in [-0.2, -0.15) is 0 Å². The molecular weight excluding hydrogens is 261 g/mol. The molecule has 110 valence electrons. The van der Waals surface area contributed by atoms with E-state index < -0.39 is 0 Å². The quantitative estimate of drug-likeness (QED) is 0.844. The SMILES string of the molecule is NCCN1CCN(C(=O)COc2ccc(F)cc2)CC1. The fourth-order valence-corrected chi connectivity index (χ4v) is 2.17. The van der Waals surface area contributed by atoms with E-state index in [2.05, 4.69) is 4.90 Å². The molecule has 1 aliphatic heterocycles. The summed E-state index contributed by atoms with van der Waals surface area (Å²) in [4.78, 5) is 16.0. The zero-order valence-corrected chi connectivity index (χ0v) is 11.4. The molecule has 2 rings (SSSR count). The van der Waals surface area contributed by atoms with Crippen molar-refractivity contribution in [2.75, 3.05) is 45.9 Å². The molecule has 1 amide bonds. The van der Waals surface area contributed by atoms with E-state index in [4.69, 9.17) is 10.5 Å². The minimum Gasteiger partial charge on any atom is -0.484 e. The lowest BCUT2D eigenvalue weighted by atomic mass is 10.3.